The third-order valence-corrected chi connectivity index (χ3v) is 3.79. The SMILES string of the molecule is COC(=O)c1cc(Cc2cnn(-c3ccc(B(O)O)cc3)c2)nc(Cl)n1. The van der Waals surface area contributed by atoms with Gasteiger partial charge in [0.1, 0.15) is 0 Å². The highest BCUT2D eigenvalue weighted by molar-refractivity contribution is 6.58. The molecular weight excluding hydrogens is 358 g/mol. The largest absolute Gasteiger partial charge is 0.488 e. The van der Waals surface area contributed by atoms with Crippen molar-refractivity contribution in [3.8, 4) is 5.69 Å². The molecule has 10 heteroatoms. The van der Waals surface area contributed by atoms with Gasteiger partial charge in [-0.25, -0.2) is 19.4 Å². The summed E-state index contributed by atoms with van der Waals surface area (Å²) in [6, 6.07) is 8.18. The summed E-state index contributed by atoms with van der Waals surface area (Å²) in [5.74, 6) is -0.586. The van der Waals surface area contributed by atoms with Crippen molar-refractivity contribution in [2.45, 2.75) is 6.42 Å². The first-order chi connectivity index (χ1) is 12.5. The standard InChI is InChI=1S/C16H14BClN4O4/c1-26-15(23)14-7-12(20-16(18)21-14)6-10-8-19-22(9-10)13-4-2-11(3-5-13)17(24)25/h2-5,7-9,24-25H,6H2,1H3. The van der Waals surface area contributed by atoms with E-state index in [-0.39, 0.29) is 11.0 Å². The minimum Gasteiger partial charge on any atom is -0.464 e. The highest BCUT2D eigenvalue weighted by atomic mass is 35.5. The van der Waals surface area contributed by atoms with Gasteiger partial charge >= 0.3 is 13.1 Å². The fourth-order valence-corrected chi connectivity index (χ4v) is 2.57. The lowest BCUT2D eigenvalue weighted by Crippen LogP contribution is -2.29. The summed E-state index contributed by atoms with van der Waals surface area (Å²) in [6.07, 6.45) is 3.88. The van der Waals surface area contributed by atoms with Gasteiger partial charge in [0.2, 0.25) is 5.28 Å². The molecule has 0 atom stereocenters. The lowest BCUT2D eigenvalue weighted by atomic mass is 9.80. The summed E-state index contributed by atoms with van der Waals surface area (Å²) in [4.78, 5) is 19.6. The Kier molecular flexibility index (Phi) is 5.31. The molecule has 0 saturated carbocycles. The molecule has 0 fully saturated rings. The normalized spacial score (nSPS) is 10.6. The molecular formula is C16H14BClN4O4. The second kappa shape index (κ2) is 7.65. The van der Waals surface area contributed by atoms with Crippen LogP contribution in [-0.4, -0.2) is 50.0 Å². The fraction of sp³-hybridized carbons (Fsp3) is 0.125. The maximum absolute atomic E-state index is 11.6. The van der Waals surface area contributed by atoms with Crippen LogP contribution in [0.25, 0.3) is 5.69 Å². The van der Waals surface area contributed by atoms with Crippen molar-refractivity contribution < 1.29 is 19.6 Å². The fourth-order valence-electron chi connectivity index (χ4n) is 2.37. The molecule has 2 N–H and O–H groups in total. The smallest absolute Gasteiger partial charge is 0.464 e. The number of rotatable bonds is 5. The first-order valence-electron chi connectivity index (χ1n) is 7.58. The maximum Gasteiger partial charge on any atom is 0.488 e. The van der Waals surface area contributed by atoms with E-state index in [0.29, 0.717) is 17.6 Å². The van der Waals surface area contributed by atoms with Crippen LogP contribution in [0.15, 0.2) is 42.7 Å². The van der Waals surface area contributed by atoms with Gasteiger partial charge in [0, 0.05) is 12.6 Å². The molecule has 0 aliphatic carbocycles. The predicted molar refractivity (Wildman–Crippen MR) is 94.6 cm³/mol. The number of ether oxygens (including phenoxy) is 1. The minimum atomic E-state index is -1.51. The molecule has 0 aliphatic heterocycles. The number of aromatic nitrogens is 4. The third-order valence-electron chi connectivity index (χ3n) is 3.62. The Bertz CT molecular complexity index is 930. The summed E-state index contributed by atoms with van der Waals surface area (Å²) in [7, 11) is -0.243. The molecule has 0 saturated heterocycles. The van der Waals surface area contributed by atoms with E-state index in [1.54, 1.807) is 41.3 Å². The van der Waals surface area contributed by atoms with Crippen molar-refractivity contribution in [1.82, 2.24) is 19.7 Å². The Morgan fingerprint density at radius 1 is 1.27 bits per heavy atom. The van der Waals surface area contributed by atoms with Crippen LogP contribution in [0.1, 0.15) is 21.7 Å². The van der Waals surface area contributed by atoms with Crippen molar-refractivity contribution in [3.63, 3.8) is 0 Å². The van der Waals surface area contributed by atoms with Gasteiger partial charge in [0.25, 0.3) is 0 Å². The van der Waals surface area contributed by atoms with Crippen molar-refractivity contribution >= 4 is 30.2 Å². The maximum atomic E-state index is 11.6. The van der Waals surface area contributed by atoms with E-state index in [1.807, 2.05) is 0 Å². The van der Waals surface area contributed by atoms with E-state index in [2.05, 4.69) is 19.8 Å². The van der Waals surface area contributed by atoms with Crippen molar-refractivity contribution in [2.24, 2.45) is 0 Å². The molecule has 132 valence electrons. The highest BCUT2D eigenvalue weighted by Gasteiger charge is 2.13. The average Bonchev–Trinajstić information content (AvgIpc) is 3.09. The van der Waals surface area contributed by atoms with Crippen LogP contribution in [0.4, 0.5) is 0 Å². The molecule has 2 heterocycles. The molecule has 1 aromatic carbocycles. The topological polar surface area (TPSA) is 110 Å². The molecule has 0 bridgehead atoms. The van der Waals surface area contributed by atoms with Crippen molar-refractivity contribution in [1.29, 1.82) is 0 Å². The van der Waals surface area contributed by atoms with E-state index in [4.69, 9.17) is 21.6 Å². The zero-order valence-corrected chi connectivity index (χ0v) is 14.5. The molecule has 0 amide bonds. The molecule has 26 heavy (non-hydrogen) atoms. The summed E-state index contributed by atoms with van der Waals surface area (Å²) in [6.45, 7) is 0. The molecule has 3 aromatic rings. The number of esters is 1. The van der Waals surface area contributed by atoms with Crippen LogP contribution in [0.3, 0.4) is 0 Å². The second-order valence-corrected chi connectivity index (χ2v) is 5.78. The Morgan fingerprint density at radius 3 is 2.65 bits per heavy atom. The summed E-state index contributed by atoms with van der Waals surface area (Å²) >= 11 is 5.87. The molecule has 0 aliphatic rings. The van der Waals surface area contributed by atoms with E-state index < -0.39 is 13.1 Å². The van der Waals surface area contributed by atoms with E-state index in [9.17, 15) is 4.79 Å². The number of nitrogens with zero attached hydrogens (tertiary/aromatic N) is 4. The number of methoxy groups -OCH3 is 1. The van der Waals surface area contributed by atoms with Crippen molar-refractivity contribution in [3.05, 3.63) is 65.0 Å². The first-order valence-corrected chi connectivity index (χ1v) is 7.96. The monoisotopic (exact) mass is 372 g/mol. The van der Waals surface area contributed by atoms with Crippen LogP contribution in [0.5, 0.6) is 0 Å². The van der Waals surface area contributed by atoms with Gasteiger partial charge in [-0.2, -0.15) is 5.10 Å². The predicted octanol–water partition coefficient (Wildman–Crippen LogP) is 0.373. The number of hydrogen-bond donors (Lipinski definition) is 2. The van der Waals surface area contributed by atoms with Gasteiger partial charge < -0.3 is 14.8 Å². The third kappa shape index (κ3) is 4.08. The second-order valence-electron chi connectivity index (χ2n) is 5.44. The van der Waals surface area contributed by atoms with Crippen LogP contribution < -0.4 is 5.46 Å². The summed E-state index contributed by atoms with van der Waals surface area (Å²) in [5.41, 5.74) is 2.65. The molecule has 0 radical (unpaired) electrons. The number of hydrogen-bond acceptors (Lipinski definition) is 7. The van der Waals surface area contributed by atoms with Gasteiger partial charge in [-0.3, -0.25) is 0 Å². The number of benzene rings is 1. The van der Waals surface area contributed by atoms with Gasteiger partial charge in [-0.15, -0.1) is 0 Å². The van der Waals surface area contributed by atoms with Gasteiger partial charge in [-0.1, -0.05) is 12.1 Å². The van der Waals surface area contributed by atoms with Gasteiger partial charge in [0.05, 0.1) is 24.7 Å². The van der Waals surface area contributed by atoms with Gasteiger partial charge in [0.15, 0.2) is 5.69 Å². The zero-order chi connectivity index (χ0) is 18.7. The van der Waals surface area contributed by atoms with Crippen LogP contribution in [-0.2, 0) is 11.2 Å². The Hall–Kier alpha value is -2.75. The molecule has 0 unspecified atom stereocenters. The summed E-state index contributed by atoms with van der Waals surface area (Å²) < 4.78 is 6.29. The summed E-state index contributed by atoms with van der Waals surface area (Å²) in [5, 5.41) is 22.5. The van der Waals surface area contributed by atoms with Crippen molar-refractivity contribution in [2.75, 3.05) is 7.11 Å². The molecule has 3 rings (SSSR count). The van der Waals surface area contributed by atoms with E-state index >= 15 is 0 Å². The number of carbonyl (C=O) groups excluding carboxylic acids is 1. The quantitative estimate of drug-likeness (QED) is 0.378. The van der Waals surface area contributed by atoms with Crippen LogP contribution in [0.2, 0.25) is 5.28 Å². The first kappa shape index (κ1) is 18.1. The van der Waals surface area contributed by atoms with E-state index in [1.165, 1.54) is 13.2 Å². The van der Waals surface area contributed by atoms with Crippen LogP contribution >= 0.6 is 11.6 Å². The molecule has 8 nitrogen and oxygen atoms in total. The molecule has 0 spiro atoms. The highest BCUT2D eigenvalue weighted by Crippen LogP contribution is 2.13. The molecule has 2 aromatic heterocycles. The number of carbonyl (C=O) groups is 1. The number of halogens is 1. The Morgan fingerprint density at radius 2 is 2.00 bits per heavy atom. The minimum absolute atomic E-state index is 0.0339. The zero-order valence-electron chi connectivity index (χ0n) is 13.7. The van der Waals surface area contributed by atoms with Crippen LogP contribution in [0, 0.1) is 0 Å². The Balaban J connectivity index is 1.80. The average molecular weight is 373 g/mol. The van der Waals surface area contributed by atoms with E-state index in [0.717, 1.165) is 11.3 Å². The lowest BCUT2D eigenvalue weighted by Gasteiger charge is -2.04. The Labute approximate surface area is 154 Å². The lowest BCUT2D eigenvalue weighted by molar-refractivity contribution is 0.0593. The van der Waals surface area contributed by atoms with Gasteiger partial charge in [-0.05, 0) is 40.8 Å².